The van der Waals surface area contributed by atoms with Crippen LogP contribution in [0.15, 0.2) is 22.8 Å². The number of nitrogens with zero attached hydrogens (tertiary/aromatic N) is 6. The van der Waals surface area contributed by atoms with Gasteiger partial charge in [0.25, 0.3) is 0 Å². The number of fused-ring (bicyclic) bond motifs is 3. The van der Waals surface area contributed by atoms with Crippen molar-refractivity contribution in [3.8, 4) is 5.75 Å². The Morgan fingerprint density at radius 1 is 1.22 bits per heavy atom. The van der Waals surface area contributed by atoms with Crippen molar-refractivity contribution in [2.45, 2.75) is 6.92 Å². The molecule has 4 rings (SSSR count). The number of nitrogens with one attached hydrogen (secondary N) is 1. The number of halogens is 1. The molecule has 0 aliphatic carbocycles. The summed E-state index contributed by atoms with van der Waals surface area (Å²) in [6.45, 7) is 1.80. The average molecular weight is 332 g/mol. The summed E-state index contributed by atoms with van der Waals surface area (Å²) in [5.41, 5.74) is 1.92. The lowest BCUT2D eigenvalue weighted by atomic mass is 10.3. The van der Waals surface area contributed by atoms with Crippen molar-refractivity contribution in [3.05, 3.63) is 29.0 Å². The number of ether oxygens (including phenoxy) is 1. The summed E-state index contributed by atoms with van der Waals surface area (Å²) < 4.78 is 11.8. The predicted molar refractivity (Wildman–Crippen MR) is 82.2 cm³/mol. The van der Waals surface area contributed by atoms with Gasteiger partial charge in [-0.3, -0.25) is 4.40 Å². The van der Waals surface area contributed by atoms with Crippen LogP contribution in [0.1, 0.15) is 5.82 Å². The second-order valence-corrected chi connectivity index (χ2v) is 5.18. The molecule has 1 aromatic carbocycles. The number of anilines is 2. The van der Waals surface area contributed by atoms with Crippen LogP contribution in [0.25, 0.3) is 16.9 Å². The topological polar surface area (TPSA) is 103 Å². The minimum atomic E-state index is 0.337. The molecular formula is C13H10ClN7O2. The van der Waals surface area contributed by atoms with E-state index in [0.29, 0.717) is 45.0 Å². The van der Waals surface area contributed by atoms with E-state index in [0.717, 1.165) is 0 Å². The number of hydrogen-bond donors (Lipinski definition) is 1. The number of hydrogen-bond acceptors (Lipinski definition) is 8. The molecule has 4 aromatic rings. The number of aromatic nitrogens is 6. The summed E-state index contributed by atoms with van der Waals surface area (Å²) in [6.07, 6.45) is 0. The molecule has 0 radical (unpaired) electrons. The second kappa shape index (κ2) is 5.06. The van der Waals surface area contributed by atoms with Gasteiger partial charge in [0.1, 0.15) is 11.6 Å². The first-order chi connectivity index (χ1) is 11.2. The number of methoxy groups -OCH3 is 1. The highest BCUT2D eigenvalue weighted by atomic mass is 35.5. The minimum Gasteiger partial charge on any atom is -0.495 e. The maximum Gasteiger partial charge on any atom is 0.244 e. The Morgan fingerprint density at radius 2 is 2.09 bits per heavy atom. The molecule has 0 unspecified atom stereocenters. The largest absolute Gasteiger partial charge is 0.495 e. The molecule has 1 N–H and O–H groups in total. The lowest BCUT2D eigenvalue weighted by Crippen LogP contribution is -2.02. The normalized spacial score (nSPS) is 11.3. The Balaban J connectivity index is 1.93. The van der Waals surface area contributed by atoms with Gasteiger partial charge in [-0.15, -0.1) is 10.2 Å². The van der Waals surface area contributed by atoms with Gasteiger partial charge in [-0.05, 0) is 35.4 Å². The monoisotopic (exact) mass is 331 g/mol. The summed E-state index contributed by atoms with van der Waals surface area (Å²) in [7, 11) is 1.57. The van der Waals surface area contributed by atoms with Gasteiger partial charge in [0, 0.05) is 5.02 Å². The third kappa shape index (κ3) is 2.13. The zero-order chi connectivity index (χ0) is 16.0. The molecule has 0 spiro atoms. The molecule has 0 amide bonds. The van der Waals surface area contributed by atoms with Crippen molar-refractivity contribution < 1.29 is 9.37 Å². The molecule has 3 heterocycles. The smallest absolute Gasteiger partial charge is 0.244 e. The molecule has 0 saturated heterocycles. The van der Waals surface area contributed by atoms with Gasteiger partial charge in [0.2, 0.25) is 16.9 Å². The van der Waals surface area contributed by atoms with Crippen molar-refractivity contribution >= 4 is 40.0 Å². The van der Waals surface area contributed by atoms with E-state index in [1.54, 1.807) is 36.6 Å². The van der Waals surface area contributed by atoms with Crippen molar-refractivity contribution in [1.82, 2.24) is 29.9 Å². The van der Waals surface area contributed by atoms with E-state index in [1.165, 1.54) is 0 Å². The molecular weight excluding hydrogens is 322 g/mol. The third-order valence-corrected chi connectivity index (χ3v) is 3.57. The zero-order valence-corrected chi connectivity index (χ0v) is 12.9. The molecule has 0 aliphatic rings. The van der Waals surface area contributed by atoms with Crippen molar-refractivity contribution in [3.63, 3.8) is 0 Å². The van der Waals surface area contributed by atoms with Crippen molar-refractivity contribution in [1.29, 1.82) is 0 Å². The molecule has 116 valence electrons. The Kier molecular flexibility index (Phi) is 3.01. The van der Waals surface area contributed by atoms with Crippen LogP contribution < -0.4 is 10.1 Å². The van der Waals surface area contributed by atoms with E-state index < -0.39 is 0 Å². The number of aryl methyl sites for hydroxylation is 1. The van der Waals surface area contributed by atoms with E-state index in [2.05, 4.69) is 30.8 Å². The maximum atomic E-state index is 6.05. The fourth-order valence-electron chi connectivity index (χ4n) is 2.31. The van der Waals surface area contributed by atoms with Crippen LogP contribution in [0.2, 0.25) is 5.02 Å². The van der Waals surface area contributed by atoms with Gasteiger partial charge in [0.15, 0.2) is 5.82 Å². The van der Waals surface area contributed by atoms with E-state index in [9.17, 15) is 0 Å². The van der Waals surface area contributed by atoms with Crippen LogP contribution in [0.5, 0.6) is 5.75 Å². The summed E-state index contributed by atoms with van der Waals surface area (Å²) in [5, 5.41) is 19.5. The molecule has 0 atom stereocenters. The lowest BCUT2D eigenvalue weighted by molar-refractivity contribution is 0.313. The van der Waals surface area contributed by atoms with Crippen LogP contribution in [0, 0.1) is 6.92 Å². The fourth-order valence-corrected chi connectivity index (χ4v) is 2.48. The molecule has 0 aliphatic heterocycles. The van der Waals surface area contributed by atoms with Gasteiger partial charge in [-0.25, -0.2) is 9.61 Å². The van der Waals surface area contributed by atoms with Crippen LogP contribution >= 0.6 is 11.6 Å². The summed E-state index contributed by atoms with van der Waals surface area (Å²) in [4.78, 5) is 4.38. The number of rotatable bonds is 3. The predicted octanol–water partition coefficient (Wildman–Crippen LogP) is 2.37. The highest BCUT2D eigenvalue weighted by Crippen LogP contribution is 2.31. The molecule has 0 fully saturated rings. The number of benzene rings is 1. The molecule has 0 saturated carbocycles. The maximum absolute atomic E-state index is 6.05. The van der Waals surface area contributed by atoms with E-state index in [1.807, 2.05) is 0 Å². The molecule has 3 aromatic heterocycles. The Bertz CT molecular complexity index is 1030. The Labute approximate surface area is 134 Å². The Hall–Kier alpha value is -2.94. The molecule has 0 bridgehead atoms. The third-order valence-electron chi connectivity index (χ3n) is 3.34. The quantitative estimate of drug-likeness (QED) is 0.610. The van der Waals surface area contributed by atoms with Gasteiger partial charge < -0.3 is 10.1 Å². The average Bonchev–Trinajstić information content (AvgIpc) is 3.14. The van der Waals surface area contributed by atoms with Gasteiger partial charge in [-0.2, -0.15) is 0 Å². The standard InChI is InChI=1S/C13H10ClN7O2/c1-6-17-18-12-10(16-11-13(21(6)12)20-23-19-11)15-8-5-7(14)3-4-9(8)22-2/h3-5H,1-2H3,(H,15,16,19). The summed E-state index contributed by atoms with van der Waals surface area (Å²) in [5.74, 6) is 1.70. The molecule has 23 heavy (non-hydrogen) atoms. The fraction of sp³-hybridized carbons (Fsp3) is 0.154. The Morgan fingerprint density at radius 3 is 2.91 bits per heavy atom. The van der Waals surface area contributed by atoms with Crippen LogP contribution in [-0.4, -0.2) is 37.0 Å². The lowest BCUT2D eigenvalue weighted by Gasteiger charge is -2.11. The zero-order valence-electron chi connectivity index (χ0n) is 12.1. The SMILES string of the molecule is COc1ccc(Cl)cc1Nc1nc2nonc2n2c(C)nnc12. The first kappa shape index (κ1) is 13.7. The van der Waals surface area contributed by atoms with Crippen molar-refractivity contribution in [2.75, 3.05) is 12.4 Å². The van der Waals surface area contributed by atoms with E-state index >= 15 is 0 Å². The first-order valence-corrected chi connectivity index (χ1v) is 6.99. The molecule has 9 nitrogen and oxygen atoms in total. The summed E-state index contributed by atoms with van der Waals surface area (Å²) >= 11 is 6.05. The van der Waals surface area contributed by atoms with Crippen LogP contribution in [0.4, 0.5) is 11.5 Å². The van der Waals surface area contributed by atoms with Crippen molar-refractivity contribution in [2.24, 2.45) is 0 Å². The van der Waals surface area contributed by atoms with Crippen LogP contribution in [-0.2, 0) is 0 Å². The second-order valence-electron chi connectivity index (χ2n) is 4.75. The van der Waals surface area contributed by atoms with Gasteiger partial charge in [0.05, 0.1) is 12.8 Å². The van der Waals surface area contributed by atoms with E-state index in [4.69, 9.17) is 21.0 Å². The van der Waals surface area contributed by atoms with Gasteiger partial charge in [-0.1, -0.05) is 11.6 Å². The minimum absolute atomic E-state index is 0.337. The first-order valence-electron chi connectivity index (χ1n) is 6.62. The molecule has 10 heteroatoms. The summed E-state index contributed by atoms with van der Waals surface area (Å²) in [6, 6.07) is 5.22. The van der Waals surface area contributed by atoms with Crippen LogP contribution in [0.3, 0.4) is 0 Å². The van der Waals surface area contributed by atoms with Gasteiger partial charge >= 0.3 is 0 Å². The highest BCUT2D eigenvalue weighted by Gasteiger charge is 2.17. The highest BCUT2D eigenvalue weighted by molar-refractivity contribution is 6.31. The van der Waals surface area contributed by atoms with E-state index in [-0.39, 0.29) is 0 Å².